The number of thioether (sulfide) groups is 1. The molecular formula is C17H20ClNOS. The fraction of sp³-hybridized carbons (Fsp3) is 0.294. The first-order valence-electron chi connectivity index (χ1n) is 6.94. The van der Waals surface area contributed by atoms with Crippen LogP contribution in [0.3, 0.4) is 0 Å². The van der Waals surface area contributed by atoms with Gasteiger partial charge in [-0.2, -0.15) is 0 Å². The Balaban J connectivity index is 1.77. The lowest BCUT2D eigenvalue weighted by atomic mass is 10.1. The minimum absolute atomic E-state index is 0.706. The summed E-state index contributed by atoms with van der Waals surface area (Å²) in [6.45, 7) is 4.84. The Hall–Kier alpha value is -1.32. The summed E-state index contributed by atoms with van der Waals surface area (Å²) < 4.78 is 5.84. The Kier molecular flexibility index (Phi) is 5.83. The van der Waals surface area contributed by atoms with E-state index in [1.807, 2.05) is 18.2 Å². The van der Waals surface area contributed by atoms with Gasteiger partial charge in [0.2, 0.25) is 0 Å². The lowest BCUT2D eigenvalue weighted by Crippen LogP contribution is -2.00. The van der Waals surface area contributed by atoms with E-state index in [-0.39, 0.29) is 0 Å². The quantitative estimate of drug-likeness (QED) is 0.456. The van der Waals surface area contributed by atoms with Crippen molar-refractivity contribution in [3.05, 3.63) is 52.5 Å². The molecular weight excluding hydrogens is 302 g/mol. The summed E-state index contributed by atoms with van der Waals surface area (Å²) in [6, 6.07) is 11.8. The van der Waals surface area contributed by atoms with Gasteiger partial charge < -0.3 is 10.5 Å². The largest absolute Gasteiger partial charge is 0.493 e. The highest BCUT2D eigenvalue weighted by Crippen LogP contribution is 2.29. The van der Waals surface area contributed by atoms with E-state index in [1.54, 1.807) is 11.8 Å². The van der Waals surface area contributed by atoms with E-state index in [4.69, 9.17) is 22.1 Å². The molecule has 0 spiro atoms. The molecule has 0 unspecified atom stereocenters. The number of anilines is 1. The number of rotatable bonds is 6. The van der Waals surface area contributed by atoms with Crippen LogP contribution < -0.4 is 10.5 Å². The van der Waals surface area contributed by atoms with E-state index in [0.29, 0.717) is 6.61 Å². The molecule has 0 saturated carbocycles. The molecule has 0 radical (unpaired) electrons. The standard InChI is InChI=1S/C17H20ClNOS/c1-12-4-5-13(2)16(10-12)20-8-3-9-21-17-11-14(19)6-7-15(17)18/h4-7,10-11H,3,8-9,19H2,1-2H3. The fourth-order valence-corrected chi connectivity index (χ4v) is 3.11. The molecule has 2 nitrogen and oxygen atoms in total. The number of nitrogens with two attached hydrogens (primary N) is 1. The maximum Gasteiger partial charge on any atom is 0.122 e. The number of aryl methyl sites for hydroxylation is 2. The highest BCUT2D eigenvalue weighted by atomic mass is 35.5. The van der Waals surface area contributed by atoms with Gasteiger partial charge >= 0.3 is 0 Å². The van der Waals surface area contributed by atoms with Gasteiger partial charge in [0, 0.05) is 16.3 Å². The van der Waals surface area contributed by atoms with E-state index < -0.39 is 0 Å². The summed E-state index contributed by atoms with van der Waals surface area (Å²) in [6.07, 6.45) is 0.961. The van der Waals surface area contributed by atoms with Crippen LogP contribution in [0.2, 0.25) is 5.02 Å². The molecule has 21 heavy (non-hydrogen) atoms. The van der Waals surface area contributed by atoms with Crippen LogP contribution >= 0.6 is 23.4 Å². The zero-order chi connectivity index (χ0) is 15.2. The maximum atomic E-state index is 6.14. The van der Waals surface area contributed by atoms with Crippen molar-refractivity contribution in [1.29, 1.82) is 0 Å². The summed E-state index contributed by atoms with van der Waals surface area (Å²) in [5.74, 6) is 1.93. The van der Waals surface area contributed by atoms with Gasteiger partial charge in [0.05, 0.1) is 11.6 Å². The van der Waals surface area contributed by atoms with Crippen LogP contribution in [0.5, 0.6) is 5.75 Å². The van der Waals surface area contributed by atoms with Crippen LogP contribution in [-0.2, 0) is 0 Å². The van der Waals surface area contributed by atoms with Crippen molar-refractivity contribution >= 4 is 29.1 Å². The molecule has 2 aromatic rings. The van der Waals surface area contributed by atoms with Crippen molar-refractivity contribution < 1.29 is 4.74 Å². The summed E-state index contributed by atoms with van der Waals surface area (Å²) in [5.41, 5.74) is 8.90. The van der Waals surface area contributed by atoms with E-state index >= 15 is 0 Å². The minimum Gasteiger partial charge on any atom is -0.493 e. The average molecular weight is 322 g/mol. The van der Waals surface area contributed by atoms with Crippen LogP contribution in [0.25, 0.3) is 0 Å². The molecule has 0 bridgehead atoms. The van der Waals surface area contributed by atoms with Gasteiger partial charge in [0.15, 0.2) is 0 Å². The van der Waals surface area contributed by atoms with Gasteiger partial charge in [-0.05, 0) is 55.7 Å². The minimum atomic E-state index is 0.706. The van der Waals surface area contributed by atoms with Crippen LogP contribution in [-0.4, -0.2) is 12.4 Å². The second-order valence-corrected chi connectivity index (χ2v) is 6.55. The van der Waals surface area contributed by atoms with Crippen LogP contribution in [0.4, 0.5) is 5.69 Å². The van der Waals surface area contributed by atoms with Gasteiger partial charge in [-0.3, -0.25) is 0 Å². The number of nitrogen functional groups attached to an aromatic ring is 1. The lowest BCUT2D eigenvalue weighted by molar-refractivity contribution is 0.316. The first-order valence-corrected chi connectivity index (χ1v) is 8.30. The third kappa shape index (κ3) is 4.87. The van der Waals surface area contributed by atoms with Gasteiger partial charge in [-0.15, -0.1) is 11.8 Å². The second kappa shape index (κ2) is 7.62. The monoisotopic (exact) mass is 321 g/mol. The number of hydrogen-bond donors (Lipinski definition) is 1. The van der Waals surface area contributed by atoms with Gasteiger partial charge in [-0.25, -0.2) is 0 Å². The summed E-state index contributed by atoms with van der Waals surface area (Å²) in [4.78, 5) is 1.03. The van der Waals surface area contributed by atoms with Crippen LogP contribution in [0, 0.1) is 13.8 Å². The maximum absolute atomic E-state index is 6.14. The Labute approximate surface area is 135 Å². The van der Waals surface area contributed by atoms with Crippen molar-refractivity contribution in [2.45, 2.75) is 25.2 Å². The molecule has 2 N–H and O–H groups in total. The molecule has 0 aliphatic heterocycles. The molecule has 0 saturated heterocycles. The topological polar surface area (TPSA) is 35.2 Å². The van der Waals surface area contributed by atoms with Crippen molar-refractivity contribution in [2.24, 2.45) is 0 Å². The van der Waals surface area contributed by atoms with Crippen molar-refractivity contribution in [2.75, 3.05) is 18.1 Å². The van der Waals surface area contributed by atoms with Gasteiger partial charge in [0.1, 0.15) is 5.75 Å². The van der Waals surface area contributed by atoms with Crippen molar-refractivity contribution in [3.8, 4) is 5.75 Å². The molecule has 2 rings (SSSR count). The molecule has 0 heterocycles. The third-order valence-electron chi connectivity index (χ3n) is 3.10. The SMILES string of the molecule is Cc1ccc(C)c(OCCCSc2cc(N)ccc2Cl)c1. The first kappa shape index (κ1) is 16.1. The van der Waals surface area contributed by atoms with Gasteiger partial charge in [0.25, 0.3) is 0 Å². The van der Waals surface area contributed by atoms with Crippen molar-refractivity contribution in [3.63, 3.8) is 0 Å². The van der Waals surface area contributed by atoms with E-state index in [2.05, 4.69) is 32.0 Å². The van der Waals surface area contributed by atoms with Gasteiger partial charge in [-0.1, -0.05) is 23.7 Å². The summed E-state index contributed by atoms with van der Waals surface area (Å²) in [5, 5.41) is 0.754. The smallest absolute Gasteiger partial charge is 0.122 e. The molecule has 0 aliphatic rings. The third-order valence-corrected chi connectivity index (χ3v) is 4.69. The molecule has 0 aromatic heterocycles. The molecule has 4 heteroatoms. The Morgan fingerprint density at radius 2 is 1.95 bits per heavy atom. The number of ether oxygens (including phenoxy) is 1. The zero-order valence-corrected chi connectivity index (χ0v) is 13.9. The molecule has 0 atom stereocenters. The molecule has 0 fully saturated rings. The summed E-state index contributed by atoms with van der Waals surface area (Å²) >= 11 is 7.85. The summed E-state index contributed by atoms with van der Waals surface area (Å²) in [7, 11) is 0. The fourth-order valence-electron chi connectivity index (χ4n) is 1.92. The van der Waals surface area contributed by atoms with E-state index in [9.17, 15) is 0 Å². The number of benzene rings is 2. The molecule has 0 amide bonds. The van der Waals surface area contributed by atoms with E-state index in [0.717, 1.165) is 33.5 Å². The zero-order valence-electron chi connectivity index (χ0n) is 12.4. The first-order chi connectivity index (χ1) is 10.1. The predicted molar refractivity (Wildman–Crippen MR) is 92.6 cm³/mol. The highest BCUT2D eigenvalue weighted by molar-refractivity contribution is 7.99. The van der Waals surface area contributed by atoms with Crippen LogP contribution in [0.15, 0.2) is 41.3 Å². The Morgan fingerprint density at radius 3 is 2.76 bits per heavy atom. The second-order valence-electron chi connectivity index (χ2n) is 5.01. The Morgan fingerprint density at radius 1 is 1.14 bits per heavy atom. The average Bonchev–Trinajstić information content (AvgIpc) is 2.45. The lowest BCUT2D eigenvalue weighted by Gasteiger charge is -2.10. The molecule has 0 aliphatic carbocycles. The normalized spacial score (nSPS) is 10.6. The molecule has 112 valence electrons. The number of hydrogen-bond acceptors (Lipinski definition) is 3. The Bertz CT molecular complexity index is 562. The van der Waals surface area contributed by atoms with E-state index in [1.165, 1.54) is 11.1 Å². The van der Waals surface area contributed by atoms with Crippen molar-refractivity contribution in [1.82, 2.24) is 0 Å². The predicted octanol–water partition coefficient (Wildman–Crippen LogP) is 5.10. The molecule has 2 aromatic carbocycles. The number of halogens is 1. The highest BCUT2D eigenvalue weighted by Gasteiger charge is 2.03. The van der Waals surface area contributed by atoms with Crippen LogP contribution in [0.1, 0.15) is 17.5 Å².